The van der Waals surface area contributed by atoms with E-state index in [9.17, 15) is 18.0 Å². The predicted molar refractivity (Wildman–Crippen MR) is 56.7 cm³/mol. The van der Waals surface area contributed by atoms with Gasteiger partial charge in [0.1, 0.15) is 0 Å². The van der Waals surface area contributed by atoms with E-state index < -0.39 is 23.1 Å². The third kappa shape index (κ3) is 1.47. The number of hydrogen-bond acceptors (Lipinski definition) is 3. The zero-order valence-electron chi connectivity index (χ0n) is 9.57. The Balaban J connectivity index is 1.91. The summed E-state index contributed by atoms with van der Waals surface area (Å²) in [6.07, 6.45) is -4.39. The van der Waals surface area contributed by atoms with E-state index in [1.54, 1.807) is 0 Å². The number of nitriles is 1. The molecule has 2 aliphatic rings. The molecular formula is C13H8F3NO2. The van der Waals surface area contributed by atoms with Crippen molar-refractivity contribution in [1.82, 2.24) is 0 Å². The van der Waals surface area contributed by atoms with Crippen molar-refractivity contribution in [1.29, 1.82) is 5.26 Å². The minimum Gasteiger partial charge on any atom is -0.464 e. The summed E-state index contributed by atoms with van der Waals surface area (Å²) in [6, 6.07) is 6.57. The van der Waals surface area contributed by atoms with Crippen molar-refractivity contribution in [2.45, 2.75) is 12.1 Å². The van der Waals surface area contributed by atoms with Crippen molar-refractivity contribution in [3.05, 3.63) is 35.4 Å². The lowest BCUT2D eigenvalue weighted by atomic mass is 10.00. The molecule has 0 unspecified atom stereocenters. The summed E-state index contributed by atoms with van der Waals surface area (Å²) in [5, 5.41) is 9.12. The maximum absolute atomic E-state index is 12.4. The highest BCUT2D eigenvalue weighted by Gasteiger charge is 2.76. The van der Waals surface area contributed by atoms with Crippen LogP contribution in [0.25, 0.3) is 0 Å². The van der Waals surface area contributed by atoms with E-state index in [4.69, 9.17) is 10.00 Å². The molecule has 1 aliphatic heterocycles. The highest BCUT2D eigenvalue weighted by molar-refractivity contribution is 5.89. The van der Waals surface area contributed by atoms with Crippen molar-refractivity contribution in [2.24, 2.45) is 11.3 Å². The van der Waals surface area contributed by atoms with Gasteiger partial charge in [0.15, 0.2) is 5.41 Å². The van der Waals surface area contributed by atoms with Crippen molar-refractivity contribution >= 4 is 5.97 Å². The highest BCUT2D eigenvalue weighted by atomic mass is 19.4. The van der Waals surface area contributed by atoms with E-state index in [0.717, 1.165) is 12.1 Å². The Morgan fingerprint density at radius 3 is 2.42 bits per heavy atom. The molecule has 0 bridgehead atoms. The topological polar surface area (TPSA) is 50.1 Å². The fraction of sp³-hybridized carbons (Fsp3) is 0.385. The Labute approximate surface area is 106 Å². The molecule has 3 nitrogen and oxygen atoms in total. The molecular weight excluding hydrogens is 259 g/mol. The third-order valence-electron chi connectivity index (χ3n) is 3.88. The molecule has 98 valence electrons. The number of benzene rings is 1. The normalized spacial score (nSPS) is 32.4. The van der Waals surface area contributed by atoms with Crippen LogP contribution < -0.4 is 0 Å². The maximum Gasteiger partial charge on any atom is 0.416 e. The van der Waals surface area contributed by atoms with E-state index >= 15 is 0 Å². The van der Waals surface area contributed by atoms with E-state index in [0.29, 0.717) is 5.56 Å². The number of carbonyl (C=O) groups excluding carboxylic acids is 1. The summed E-state index contributed by atoms with van der Waals surface area (Å²) in [5.74, 6) is -1.15. The lowest BCUT2D eigenvalue weighted by Crippen LogP contribution is -2.15. The maximum atomic E-state index is 12.4. The number of rotatable bonds is 1. The second kappa shape index (κ2) is 3.50. The zero-order chi connectivity index (χ0) is 13.8. The van der Waals surface area contributed by atoms with Crippen LogP contribution in [0.5, 0.6) is 0 Å². The average molecular weight is 267 g/mol. The first-order valence-corrected chi connectivity index (χ1v) is 5.67. The number of esters is 1. The molecule has 2 fully saturated rings. The van der Waals surface area contributed by atoms with Gasteiger partial charge in [-0.25, -0.2) is 0 Å². The number of ether oxygens (including phenoxy) is 1. The van der Waals surface area contributed by atoms with Crippen molar-refractivity contribution in [3.8, 4) is 6.07 Å². The first kappa shape index (κ1) is 12.0. The van der Waals surface area contributed by atoms with Gasteiger partial charge in [0.05, 0.1) is 18.2 Å². The molecule has 1 saturated carbocycles. The summed E-state index contributed by atoms with van der Waals surface area (Å²) in [5.41, 5.74) is -1.34. The number of halogens is 3. The van der Waals surface area contributed by atoms with Crippen molar-refractivity contribution in [2.75, 3.05) is 6.61 Å². The van der Waals surface area contributed by atoms with Crippen LogP contribution in [-0.2, 0) is 15.7 Å². The number of fused-ring (bicyclic) bond motifs is 1. The third-order valence-corrected chi connectivity index (χ3v) is 3.88. The standard InChI is InChI=1S/C13H8F3NO2/c14-13(15,16)8-3-1-7(2-4-8)10-9-5-19-11(18)12(9,10)6-17/h1-4,9-10H,5H2/t9-,10-,12-/m0/s1. The van der Waals surface area contributed by atoms with Crippen LogP contribution in [0.2, 0.25) is 0 Å². The van der Waals surface area contributed by atoms with E-state index in [1.807, 2.05) is 6.07 Å². The highest BCUT2D eigenvalue weighted by Crippen LogP contribution is 2.68. The molecule has 1 heterocycles. The van der Waals surface area contributed by atoms with Gasteiger partial charge in [-0.15, -0.1) is 0 Å². The molecule has 0 N–H and O–H groups in total. The lowest BCUT2D eigenvalue weighted by Gasteiger charge is -2.09. The molecule has 0 spiro atoms. The summed E-state index contributed by atoms with van der Waals surface area (Å²) in [7, 11) is 0. The summed E-state index contributed by atoms with van der Waals surface area (Å²) >= 11 is 0. The van der Waals surface area contributed by atoms with Gasteiger partial charge in [0.25, 0.3) is 0 Å². The number of alkyl halides is 3. The van der Waals surface area contributed by atoms with E-state index in [1.165, 1.54) is 12.1 Å². The zero-order valence-corrected chi connectivity index (χ0v) is 9.57. The lowest BCUT2D eigenvalue weighted by molar-refractivity contribution is -0.143. The second-order valence-corrected chi connectivity index (χ2v) is 4.78. The minimum atomic E-state index is -4.39. The van der Waals surface area contributed by atoms with Gasteiger partial charge in [-0.05, 0) is 17.7 Å². The Morgan fingerprint density at radius 2 is 1.95 bits per heavy atom. The van der Waals surface area contributed by atoms with Crippen molar-refractivity contribution in [3.63, 3.8) is 0 Å². The van der Waals surface area contributed by atoms with Gasteiger partial charge in [0.2, 0.25) is 0 Å². The van der Waals surface area contributed by atoms with E-state index in [-0.39, 0.29) is 18.4 Å². The summed E-state index contributed by atoms with van der Waals surface area (Å²) in [6.45, 7) is 0.165. The number of nitrogens with zero attached hydrogens (tertiary/aromatic N) is 1. The van der Waals surface area contributed by atoms with Crippen molar-refractivity contribution < 1.29 is 22.7 Å². The molecule has 1 aromatic rings. The molecule has 3 rings (SSSR count). The first-order valence-electron chi connectivity index (χ1n) is 5.67. The Hall–Kier alpha value is -2.03. The smallest absolute Gasteiger partial charge is 0.416 e. The molecule has 1 aromatic carbocycles. The van der Waals surface area contributed by atoms with Gasteiger partial charge in [-0.3, -0.25) is 4.79 Å². The largest absolute Gasteiger partial charge is 0.464 e. The molecule has 6 heteroatoms. The summed E-state index contributed by atoms with van der Waals surface area (Å²) < 4.78 is 42.1. The van der Waals surface area contributed by atoms with Gasteiger partial charge >= 0.3 is 12.1 Å². The molecule has 1 saturated heterocycles. The van der Waals surface area contributed by atoms with Crippen LogP contribution in [0.1, 0.15) is 17.0 Å². The number of cyclic esters (lactones) is 1. The van der Waals surface area contributed by atoms with Crippen LogP contribution in [0.15, 0.2) is 24.3 Å². The molecule has 0 aromatic heterocycles. The molecule has 1 aliphatic carbocycles. The van der Waals surface area contributed by atoms with E-state index in [2.05, 4.69) is 0 Å². The van der Waals surface area contributed by atoms with Crippen LogP contribution in [0, 0.1) is 22.7 Å². The van der Waals surface area contributed by atoms with Gasteiger partial charge in [0, 0.05) is 11.8 Å². The second-order valence-electron chi connectivity index (χ2n) is 4.78. The summed E-state index contributed by atoms with van der Waals surface area (Å²) in [4.78, 5) is 11.6. The van der Waals surface area contributed by atoms with Crippen LogP contribution in [0.4, 0.5) is 13.2 Å². The fourth-order valence-corrected chi connectivity index (χ4v) is 2.82. The molecule has 0 amide bonds. The Kier molecular flexibility index (Phi) is 2.22. The van der Waals surface area contributed by atoms with Crippen LogP contribution in [0.3, 0.4) is 0 Å². The quantitative estimate of drug-likeness (QED) is 0.734. The molecule has 19 heavy (non-hydrogen) atoms. The fourth-order valence-electron chi connectivity index (χ4n) is 2.82. The van der Waals surface area contributed by atoms with Gasteiger partial charge in [-0.1, -0.05) is 12.1 Å². The Morgan fingerprint density at radius 1 is 1.32 bits per heavy atom. The van der Waals surface area contributed by atoms with Crippen LogP contribution >= 0.6 is 0 Å². The van der Waals surface area contributed by atoms with Crippen LogP contribution in [-0.4, -0.2) is 12.6 Å². The SMILES string of the molecule is N#C[C@]12C(=O)OC[C@H]1[C@@H]2c1ccc(C(F)(F)F)cc1. The average Bonchev–Trinajstić information content (AvgIpc) is 2.93. The predicted octanol–water partition coefficient (Wildman–Crippen LogP) is 2.49. The number of carbonyl (C=O) groups is 1. The first-order chi connectivity index (χ1) is 8.91. The number of hydrogen-bond donors (Lipinski definition) is 0. The minimum absolute atomic E-state index is 0.165. The van der Waals surface area contributed by atoms with Gasteiger partial charge in [-0.2, -0.15) is 18.4 Å². The monoisotopic (exact) mass is 267 g/mol. The molecule has 3 atom stereocenters. The molecule has 0 radical (unpaired) electrons. The van der Waals surface area contributed by atoms with Gasteiger partial charge < -0.3 is 4.74 Å². The Bertz CT molecular complexity index is 587.